The molecule has 40 heavy (non-hydrogen) atoms. The Bertz CT molecular complexity index is 1800. The molecule has 206 valence electrons. The number of ether oxygens (including phenoxy) is 1. The molecular formula is C26H19F5N6O3. The molecule has 3 heterocycles. The molecule has 3 aromatic heterocycles. The van der Waals surface area contributed by atoms with Gasteiger partial charge in [-0.2, -0.15) is 18.3 Å². The van der Waals surface area contributed by atoms with E-state index < -0.39 is 46.4 Å². The summed E-state index contributed by atoms with van der Waals surface area (Å²) in [6, 6.07) is 9.06. The van der Waals surface area contributed by atoms with E-state index in [9.17, 15) is 31.5 Å². The van der Waals surface area contributed by atoms with Crippen molar-refractivity contribution >= 4 is 22.8 Å². The maximum absolute atomic E-state index is 15.0. The Kier molecular flexibility index (Phi) is 6.61. The minimum absolute atomic E-state index is 0.128. The lowest BCUT2D eigenvalue weighted by Gasteiger charge is -2.14. The van der Waals surface area contributed by atoms with Gasteiger partial charge in [-0.05, 0) is 38.1 Å². The predicted octanol–water partition coefficient (Wildman–Crippen LogP) is 5.83. The molecule has 0 bridgehead atoms. The first kappa shape index (κ1) is 26.6. The normalized spacial score (nSPS) is 11.8. The van der Waals surface area contributed by atoms with Gasteiger partial charge in [-0.3, -0.25) is 14.3 Å². The molecule has 9 nitrogen and oxygen atoms in total. The van der Waals surface area contributed by atoms with Crippen molar-refractivity contribution < 1.29 is 31.5 Å². The third-order valence-corrected chi connectivity index (χ3v) is 5.86. The number of imidazole rings is 1. The van der Waals surface area contributed by atoms with Crippen molar-refractivity contribution in [1.82, 2.24) is 24.3 Å². The summed E-state index contributed by atoms with van der Waals surface area (Å²) in [5.41, 5.74) is -2.96. The number of nitrogens with one attached hydrogen (secondary N) is 2. The van der Waals surface area contributed by atoms with Crippen LogP contribution in [-0.2, 0) is 6.18 Å². The number of carbonyl (C=O) groups is 1. The molecular weight excluding hydrogens is 539 g/mol. The average molecular weight is 558 g/mol. The highest BCUT2D eigenvalue weighted by Crippen LogP contribution is 2.35. The van der Waals surface area contributed by atoms with E-state index in [2.05, 4.69) is 20.4 Å². The highest BCUT2D eigenvalue weighted by Gasteiger charge is 2.41. The number of halogens is 5. The van der Waals surface area contributed by atoms with Crippen LogP contribution in [0.2, 0.25) is 0 Å². The van der Waals surface area contributed by atoms with Crippen LogP contribution in [0.25, 0.3) is 16.9 Å². The largest absolute Gasteiger partial charge is 0.452 e. The summed E-state index contributed by atoms with van der Waals surface area (Å²) in [7, 11) is 0. The Morgan fingerprint density at radius 3 is 2.48 bits per heavy atom. The van der Waals surface area contributed by atoms with E-state index >= 15 is 0 Å². The fourth-order valence-corrected chi connectivity index (χ4v) is 4.17. The zero-order valence-electron chi connectivity index (χ0n) is 20.8. The van der Waals surface area contributed by atoms with Gasteiger partial charge in [0.05, 0.1) is 11.8 Å². The number of hydrogen-bond acceptors (Lipinski definition) is 5. The summed E-state index contributed by atoms with van der Waals surface area (Å²) in [4.78, 5) is 31.8. The molecule has 0 aliphatic rings. The van der Waals surface area contributed by atoms with Gasteiger partial charge in [0.1, 0.15) is 17.0 Å². The minimum atomic E-state index is -5.07. The van der Waals surface area contributed by atoms with Crippen LogP contribution in [0.1, 0.15) is 35.9 Å². The molecule has 5 aromatic rings. The summed E-state index contributed by atoms with van der Waals surface area (Å²) >= 11 is 0. The fraction of sp³-hybridized carbons (Fsp3) is 0.154. The lowest BCUT2D eigenvalue weighted by atomic mass is 10.2. The third kappa shape index (κ3) is 4.79. The van der Waals surface area contributed by atoms with E-state index in [-0.39, 0.29) is 33.6 Å². The molecule has 0 unspecified atom stereocenters. The maximum Gasteiger partial charge on any atom is 0.434 e. The summed E-state index contributed by atoms with van der Waals surface area (Å²) < 4.78 is 78.3. The van der Waals surface area contributed by atoms with Crippen LogP contribution in [0, 0.1) is 11.6 Å². The highest BCUT2D eigenvalue weighted by atomic mass is 19.4. The molecule has 0 aliphatic carbocycles. The molecule has 0 radical (unpaired) electrons. The van der Waals surface area contributed by atoms with Gasteiger partial charge in [0.15, 0.2) is 28.7 Å². The van der Waals surface area contributed by atoms with Crippen LogP contribution < -0.4 is 15.7 Å². The highest BCUT2D eigenvalue weighted by molar-refractivity contribution is 6.05. The molecule has 0 saturated heterocycles. The van der Waals surface area contributed by atoms with Crippen molar-refractivity contribution in [2.75, 3.05) is 5.32 Å². The first-order valence-electron chi connectivity index (χ1n) is 11.7. The molecule has 2 aromatic carbocycles. The van der Waals surface area contributed by atoms with Crippen molar-refractivity contribution in [3.05, 3.63) is 94.3 Å². The molecule has 5 rings (SSSR count). The van der Waals surface area contributed by atoms with Gasteiger partial charge in [-0.25, -0.2) is 23.2 Å². The Hall–Kier alpha value is -5.01. The number of benzene rings is 2. The van der Waals surface area contributed by atoms with Crippen LogP contribution in [-0.4, -0.2) is 30.2 Å². The van der Waals surface area contributed by atoms with Gasteiger partial charge in [0, 0.05) is 30.1 Å². The zero-order chi connectivity index (χ0) is 28.8. The number of amides is 1. The molecule has 0 fully saturated rings. The second-order valence-corrected chi connectivity index (χ2v) is 8.87. The van der Waals surface area contributed by atoms with Gasteiger partial charge in [0.2, 0.25) is 0 Å². The molecule has 0 saturated carbocycles. The minimum Gasteiger partial charge on any atom is -0.452 e. The molecule has 0 aliphatic heterocycles. The van der Waals surface area contributed by atoms with E-state index in [4.69, 9.17) is 4.74 Å². The Labute approximate surface area is 221 Å². The maximum atomic E-state index is 15.0. The number of aromatic nitrogens is 5. The number of aromatic amines is 1. The topological polar surface area (TPSA) is 107 Å². The lowest BCUT2D eigenvalue weighted by molar-refractivity contribution is -0.143. The number of carbonyl (C=O) groups excluding carboxylic acids is 1. The number of fused-ring (bicyclic) bond motifs is 1. The second-order valence-electron chi connectivity index (χ2n) is 8.87. The van der Waals surface area contributed by atoms with Gasteiger partial charge in [-0.1, -0.05) is 12.1 Å². The quantitative estimate of drug-likeness (QED) is 0.255. The van der Waals surface area contributed by atoms with Gasteiger partial charge < -0.3 is 10.1 Å². The van der Waals surface area contributed by atoms with Crippen LogP contribution in [0.3, 0.4) is 0 Å². The van der Waals surface area contributed by atoms with E-state index in [1.54, 1.807) is 13.8 Å². The summed E-state index contributed by atoms with van der Waals surface area (Å²) in [6.45, 7) is 3.54. The second kappa shape index (κ2) is 9.94. The van der Waals surface area contributed by atoms with E-state index in [1.165, 1.54) is 35.0 Å². The van der Waals surface area contributed by atoms with Crippen LogP contribution >= 0.6 is 0 Å². The first-order valence-corrected chi connectivity index (χ1v) is 11.7. The zero-order valence-corrected chi connectivity index (χ0v) is 20.8. The number of hydrogen-bond donors (Lipinski definition) is 2. The summed E-state index contributed by atoms with van der Waals surface area (Å²) in [6.07, 6.45) is -3.05. The van der Waals surface area contributed by atoms with Gasteiger partial charge >= 0.3 is 11.9 Å². The molecule has 2 N–H and O–H groups in total. The molecule has 1 amide bonds. The fourth-order valence-electron chi connectivity index (χ4n) is 4.17. The lowest BCUT2D eigenvalue weighted by Crippen LogP contribution is -2.21. The summed E-state index contributed by atoms with van der Waals surface area (Å²) in [5, 5.41) is 5.77. The monoisotopic (exact) mass is 558 g/mol. The van der Waals surface area contributed by atoms with Crippen molar-refractivity contribution in [2.45, 2.75) is 26.1 Å². The number of anilines is 1. The van der Waals surface area contributed by atoms with E-state index in [1.807, 2.05) is 0 Å². The number of rotatable bonds is 6. The summed E-state index contributed by atoms with van der Waals surface area (Å²) in [5.74, 6) is -3.32. The van der Waals surface area contributed by atoms with Crippen LogP contribution in [0.5, 0.6) is 11.5 Å². The Balaban J connectivity index is 1.44. The number of para-hydroxylation sites is 1. The van der Waals surface area contributed by atoms with E-state index in [0.29, 0.717) is 11.7 Å². The van der Waals surface area contributed by atoms with Gasteiger partial charge in [0.25, 0.3) is 5.91 Å². The average Bonchev–Trinajstić information content (AvgIpc) is 3.47. The Morgan fingerprint density at radius 2 is 1.80 bits per heavy atom. The smallest absolute Gasteiger partial charge is 0.434 e. The Morgan fingerprint density at radius 1 is 1.05 bits per heavy atom. The van der Waals surface area contributed by atoms with Crippen LogP contribution in [0.15, 0.2) is 65.7 Å². The predicted molar refractivity (Wildman–Crippen MR) is 134 cm³/mol. The van der Waals surface area contributed by atoms with Gasteiger partial charge in [-0.15, -0.1) is 0 Å². The molecule has 0 spiro atoms. The van der Waals surface area contributed by atoms with Crippen molar-refractivity contribution in [2.24, 2.45) is 0 Å². The standard InChI is InChI=1S/C26H19F5N6O3/c1-13(2)36-21-20(9-10-32-23(21)35-25(36)39)40-19-8-7-14(11-17(19)28)34-24(38)15-12-33-37(22(15)26(29,30)31)18-6-4-3-5-16(18)27/h3-13H,1-2H3,(H,34,38)(H,32,35,39). The number of pyridine rings is 1. The number of nitrogens with zero attached hydrogens (tertiary/aromatic N) is 4. The number of H-pyrrole nitrogens is 1. The van der Waals surface area contributed by atoms with Crippen molar-refractivity contribution in [1.29, 1.82) is 0 Å². The van der Waals surface area contributed by atoms with E-state index in [0.717, 1.165) is 24.3 Å². The van der Waals surface area contributed by atoms with Crippen LogP contribution in [0.4, 0.5) is 27.6 Å². The SMILES string of the molecule is CC(C)n1c(=O)[nH]c2nccc(Oc3ccc(NC(=O)c4cnn(-c5ccccc5F)c4C(F)(F)F)cc3F)c21. The van der Waals surface area contributed by atoms with Crippen molar-refractivity contribution in [3.8, 4) is 17.2 Å². The number of alkyl halides is 3. The first-order chi connectivity index (χ1) is 19.0. The third-order valence-electron chi connectivity index (χ3n) is 5.86. The molecule has 14 heteroatoms. The molecule has 0 atom stereocenters. The van der Waals surface area contributed by atoms with Crippen molar-refractivity contribution in [3.63, 3.8) is 0 Å².